The maximum absolute atomic E-state index is 15.5. The van der Waals surface area contributed by atoms with Gasteiger partial charge in [0.1, 0.15) is 141 Å². The highest BCUT2D eigenvalue weighted by molar-refractivity contribution is 8.32. The van der Waals surface area contributed by atoms with Crippen molar-refractivity contribution in [2.45, 2.75) is 196 Å². The number of aryl methyl sites for hydroxylation is 5. The number of nitrogens with one attached hydrogen (secondary N) is 2. The molecule has 0 radical (unpaired) electrons. The Balaban J connectivity index is 0.797. The molecule has 11 N–H and O–H groups in total. The van der Waals surface area contributed by atoms with Gasteiger partial charge in [0, 0.05) is 101 Å². The van der Waals surface area contributed by atoms with Crippen molar-refractivity contribution in [2.75, 3.05) is 158 Å². The van der Waals surface area contributed by atoms with Crippen molar-refractivity contribution in [2.24, 2.45) is 0 Å². The quantitative estimate of drug-likeness (QED) is 0.0109. The molecule has 7 aromatic heterocycles. The standard InChI is InChI=1S/C76H113N18O41P5S3/c1-12-41-42(23-48(125-41)89-27-39(5)65(96)87-75(89)101)131-138(107,141)123-32-46-52(57(117-20-15-112-9)68(129-46)91-25-37(3)61(78)85-73(91)99)133-136(103,104)120-30-44-51(56(116-19-14-111-8)69(127-44)93-28-40(6)66(97)88-76(93)102)132-137(105,106)121-31-45-53(58(118-21-16-113-10)70(128-45)92-26-38(4)62(79)86-74(92)100)134-140(109,143)124-33-47-54(59(119-22-17-114-11)71(130-47)94-35-83-49-63(80)81-34-82-64(49)94)135-139(108,142)122-29-43-50(95)55(115-18-13-110-7)67(126-43)90-24-36(2)60(77)84-72(90)98/h24-28,34-35,41-48,50-59,67-71,95H,12-23,29-33H2,1-11H3,(H,103,104)(H,105,106)(H,107,141)(H,108,142)(H,109,143)(H2,77,84,98)(H2,78,85,99)(H2,79,86,100)(H2,80,81,82)(H,87,96,101)(H,88,97,102)/p-5/t41-,42?,43-,44-,45-,46-,47-,48-,50?,51?,52?,53?,54?,55+,56+,57+,58+,59+,67-,68-,69-,70-,71-,138?,139?,140?/m1/s1. The van der Waals surface area contributed by atoms with Crippen LogP contribution in [0.15, 0.2) is 77.2 Å². The van der Waals surface area contributed by atoms with Gasteiger partial charge in [0.25, 0.3) is 26.8 Å². The molecular weight excluding hydrogens is 2070 g/mol. The number of ether oxygens (including phenoxy) is 16. The Bertz CT molecular complexity index is 6290. The minimum absolute atomic E-state index is 0.0256. The molecule has 6 aliphatic heterocycles. The second kappa shape index (κ2) is 49.1. The van der Waals surface area contributed by atoms with E-state index in [-0.39, 0.29) is 116 Å². The molecule has 796 valence electrons. The monoisotopic (exact) mass is 2180 g/mol. The van der Waals surface area contributed by atoms with E-state index in [2.05, 4.69) is 39.9 Å². The van der Waals surface area contributed by atoms with Crippen LogP contribution in [0.1, 0.15) is 85.0 Å². The van der Waals surface area contributed by atoms with Crippen LogP contribution in [0.3, 0.4) is 0 Å². The summed E-state index contributed by atoms with van der Waals surface area (Å²) >= 11 is 16.7. The summed E-state index contributed by atoms with van der Waals surface area (Å²) in [7, 11) is -5.80. The van der Waals surface area contributed by atoms with E-state index in [0.29, 0.717) is 5.56 Å². The molecule has 0 amide bonds. The zero-order valence-electron chi connectivity index (χ0n) is 78.3. The van der Waals surface area contributed by atoms with Gasteiger partial charge in [-0.2, -0.15) is 15.0 Å². The zero-order valence-corrected chi connectivity index (χ0v) is 85.2. The molecule has 0 bridgehead atoms. The molecule has 143 heavy (non-hydrogen) atoms. The molecular formula is C76H108N18O41P5S3-5. The van der Waals surface area contributed by atoms with E-state index in [4.69, 9.17) is 180 Å². The first-order valence-corrected chi connectivity index (χ1v) is 54.4. The number of nitrogens with zero attached hydrogens (tertiary/aromatic N) is 12. The second-order valence-corrected chi connectivity index (χ2v) is 43.7. The number of aromatic amines is 2. The molecule has 6 saturated heterocycles. The molecule has 6 aliphatic rings. The van der Waals surface area contributed by atoms with Gasteiger partial charge in [-0.15, -0.1) is 0 Å². The van der Waals surface area contributed by atoms with Gasteiger partial charge >= 0.3 is 28.4 Å². The van der Waals surface area contributed by atoms with Gasteiger partial charge in [-0.1, -0.05) is 30.5 Å². The first-order valence-electron chi connectivity index (χ1n) is 43.8. The molecule has 7 aromatic rings. The van der Waals surface area contributed by atoms with Gasteiger partial charge in [-0.25, -0.2) is 38.9 Å². The van der Waals surface area contributed by atoms with Crippen LogP contribution >= 0.6 is 35.9 Å². The predicted molar refractivity (Wildman–Crippen MR) is 490 cm³/mol. The number of H-pyrrole nitrogens is 2. The van der Waals surface area contributed by atoms with Gasteiger partial charge in [0.15, 0.2) is 49.4 Å². The molecule has 0 saturated carbocycles. The number of aliphatic hydroxyl groups is 1. The molecule has 0 aromatic carbocycles. The number of aliphatic hydroxyl groups excluding tert-OH is 1. The van der Waals surface area contributed by atoms with Crippen molar-refractivity contribution >= 4 is 106 Å². The van der Waals surface area contributed by atoms with Crippen LogP contribution in [0, 0.1) is 34.6 Å². The van der Waals surface area contributed by atoms with Gasteiger partial charge in [-0.3, -0.25) is 60.7 Å². The van der Waals surface area contributed by atoms with Gasteiger partial charge in [-0.05, 0) is 41.0 Å². The molecule has 13 rings (SSSR count). The zero-order chi connectivity index (χ0) is 104. The summed E-state index contributed by atoms with van der Waals surface area (Å²) in [6.45, 7) is -14.4. The number of aromatic nitrogens is 14. The summed E-state index contributed by atoms with van der Waals surface area (Å²) in [5.41, 5.74) is 18.4. The molecule has 0 spiro atoms. The number of phosphoric ester groups is 2. The average molecular weight is 2180 g/mol. The third kappa shape index (κ3) is 27.6. The van der Waals surface area contributed by atoms with Crippen LogP contribution in [0.2, 0.25) is 0 Å². The average Bonchev–Trinajstić information content (AvgIpc) is 1.62. The Morgan fingerprint density at radius 1 is 0.420 bits per heavy atom. The number of imidazole rings is 1. The van der Waals surface area contributed by atoms with E-state index in [1.54, 1.807) is 13.8 Å². The topological polar surface area (TPSA) is 766 Å². The van der Waals surface area contributed by atoms with Crippen molar-refractivity contribution in [1.82, 2.24) is 67.3 Å². The maximum Gasteiger partial charge on any atom is 0.351 e. The largest absolute Gasteiger partial charge is 0.780 e. The molecule has 6 fully saturated rings. The summed E-state index contributed by atoms with van der Waals surface area (Å²) in [6.07, 6.45) is -30.7. The maximum atomic E-state index is 15.5. The Morgan fingerprint density at radius 2 is 0.769 bits per heavy atom. The molecule has 13 heterocycles. The van der Waals surface area contributed by atoms with Gasteiger partial charge < -0.3 is 181 Å². The number of nitrogens with two attached hydrogens (primary N) is 4. The minimum Gasteiger partial charge on any atom is -0.780 e. The van der Waals surface area contributed by atoms with Crippen LogP contribution < -0.4 is 82.1 Å². The van der Waals surface area contributed by atoms with E-state index < -0.39 is 269 Å². The Labute approximate surface area is 826 Å². The summed E-state index contributed by atoms with van der Waals surface area (Å²) in [6, 6.07) is 0. The number of hydrogen-bond acceptors (Lipinski definition) is 54. The number of fused-ring (bicyclic) bond motifs is 1. The summed E-state index contributed by atoms with van der Waals surface area (Å²) in [5.74, 6) is -0.656. The fourth-order valence-electron chi connectivity index (χ4n) is 16.1. The number of hydrogen-bond donors (Lipinski definition) is 7. The number of methoxy groups -OCH3 is 5. The highest BCUT2D eigenvalue weighted by Gasteiger charge is 2.57. The van der Waals surface area contributed by atoms with Crippen LogP contribution in [0.5, 0.6) is 0 Å². The molecule has 28 atom stereocenters. The summed E-state index contributed by atoms with van der Waals surface area (Å²) in [4.78, 5) is 182. The summed E-state index contributed by atoms with van der Waals surface area (Å²) < 4.78 is 206. The van der Waals surface area contributed by atoms with E-state index in [0.717, 1.165) is 35.4 Å². The number of phosphoric acid groups is 2. The SMILES string of the molecule is CC[C@H]1O[C@@H](n2cc(C)c(=O)[nH]c2=O)CC1OP([O-])(=S)OC[C@H]1O[C@@H](n2cc(C)c(N)nc2=O)[C@@H](OCCOC)C1OP(=O)([O-])OC[C@H]1O[C@@H](n2cc(C)c(=O)[nH]c2=O)[C@@H](OCCOC)C1OP(=O)([O-])OC[C@H]1O[C@@H](n2cc(C)c(N)nc2=O)[C@@H](OCCOC)C1OP(=O)([S-])OC[C@H]1O[C@@H](n2cnc3c(N)ncnc32)[C@@H](OCCOC)C1OP([O-])(=S)OC[C@H]1O[C@@H](n2cc(C)c(N)nc2=O)[C@@H](OCCOC)C1O. The Hall–Kier alpha value is -7.15. The fourth-order valence-corrected chi connectivity index (χ4v) is 22.3. The minimum atomic E-state index is -6.25. The molecule has 0 aliphatic carbocycles. The Kier molecular flexibility index (Phi) is 38.8. The lowest BCUT2D eigenvalue weighted by Crippen LogP contribution is -2.43. The number of rotatable bonds is 52. The third-order valence-electron chi connectivity index (χ3n) is 23.2. The van der Waals surface area contributed by atoms with E-state index >= 15 is 28.4 Å². The van der Waals surface area contributed by atoms with Crippen molar-refractivity contribution < 1.29 is 159 Å². The van der Waals surface area contributed by atoms with E-state index in [1.165, 1.54) is 98.9 Å². The lowest BCUT2D eigenvalue weighted by atomic mass is 10.1. The lowest BCUT2D eigenvalue weighted by Gasteiger charge is -2.36. The number of nitrogen functional groups attached to an aromatic ring is 4. The van der Waals surface area contributed by atoms with Crippen LogP contribution in [0.25, 0.3) is 11.2 Å². The molecule has 67 heteroatoms. The van der Waals surface area contributed by atoms with Gasteiger partial charge in [0.05, 0.1) is 118 Å². The van der Waals surface area contributed by atoms with Gasteiger partial charge in [0.2, 0.25) is 0 Å². The van der Waals surface area contributed by atoms with Crippen molar-refractivity contribution in [3.8, 4) is 0 Å². The smallest absolute Gasteiger partial charge is 0.351 e. The Morgan fingerprint density at radius 3 is 1.20 bits per heavy atom. The third-order valence-corrected chi connectivity index (χ3v) is 29.7. The van der Waals surface area contributed by atoms with Crippen LogP contribution in [-0.2, 0) is 171 Å². The number of anilines is 4. The van der Waals surface area contributed by atoms with Crippen molar-refractivity contribution in [3.63, 3.8) is 0 Å². The van der Waals surface area contributed by atoms with E-state index in [9.17, 15) is 43.6 Å². The lowest BCUT2D eigenvalue weighted by molar-refractivity contribution is -0.241. The summed E-state index contributed by atoms with van der Waals surface area (Å²) in [5, 5.41) is 11.8. The second-order valence-electron chi connectivity index (χ2n) is 32.9. The normalized spacial score (nSPS) is 29.4. The van der Waals surface area contributed by atoms with E-state index in [1.807, 2.05) is 0 Å². The van der Waals surface area contributed by atoms with Crippen molar-refractivity contribution in [1.29, 1.82) is 0 Å². The predicted octanol–water partition coefficient (Wildman–Crippen LogP) is -3.96. The highest BCUT2D eigenvalue weighted by atomic mass is 32.7. The van der Waals surface area contributed by atoms with Crippen molar-refractivity contribution in [3.05, 3.63) is 145 Å². The highest BCUT2D eigenvalue weighted by Crippen LogP contribution is 2.56. The molecule has 11 unspecified atom stereocenters. The first-order chi connectivity index (χ1) is 67.8. The molecule has 59 nitrogen and oxygen atoms in total. The fraction of sp³-hybridized carbons (Fsp3) is 0.671. The first kappa shape index (κ1) is 113. The van der Waals surface area contributed by atoms with Crippen LogP contribution in [-0.4, -0.2) is 311 Å². The van der Waals surface area contributed by atoms with Crippen LogP contribution in [0.4, 0.5) is 23.3 Å².